The van der Waals surface area contributed by atoms with Crippen LogP contribution >= 0.6 is 0 Å². The lowest BCUT2D eigenvalue weighted by Gasteiger charge is -2.24. The molecule has 4 rings (SSSR count). The van der Waals surface area contributed by atoms with Gasteiger partial charge in [0.2, 0.25) is 0 Å². The normalized spacial score (nSPS) is 11.8. The average molecular weight is 429 g/mol. The summed E-state index contributed by atoms with van der Waals surface area (Å²) in [6, 6.07) is 20.1. The van der Waals surface area contributed by atoms with E-state index in [-0.39, 0.29) is 18.3 Å². The number of H-pyrrole nitrogens is 1. The lowest BCUT2D eigenvalue weighted by Crippen LogP contribution is -2.11. The van der Waals surface area contributed by atoms with Gasteiger partial charge in [0.25, 0.3) is 0 Å². The quantitative estimate of drug-likeness (QED) is 0.294. The van der Waals surface area contributed by atoms with Crippen molar-refractivity contribution in [3.05, 3.63) is 113 Å². The summed E-state index contributed by atoms with van der Waals surface area (Å²) >= 11 is 0. The molecule has 5 nitrogen and oxygen atoms in total. The topological polar surface area (TPSA) is 76.8 Å². The molecule has 0 amide bonds. The summed E-state index contributed by atoms with van der Waals surface area (Å²) in [5.41, 5.74) is 12.0. The van der Waals surface area contributed by atoms with Crippen LogP contribution in [-0.4, -0.2) is 15.2 Å². The Bertz CT molecular complexity index is 1250. The third-order valence-corrected chi connectivity index (χ3v) is 5.40. The van der Waals surface area contributed by atoms with Crippen LogP contribution in [0.15, 0.2) is 79.1 Å². The fourth-order valence-electron chi connectivity index (χ4n) is 3.70. The molecule has 1 unspecified atom stereocenters. The van der Waals surface area contributed by atoms with Crippen LogP contribution in [0.1, 0.15) is 34.0 Å². The largest absolute Gasteiger partial charge is 0.490 e. The number of nitrogen functional groups attached to an aromatic ring is 1. The van der Waals surface area contributed by atoms with Crippen molar-refractivity contribution >= 4 is 5.69 Å². The number of rotatable bonds is 7. The van der Waals surface area contributed by atoms with Crippen LogP contribution < -0.4 is 5.73 Å². The highest BCUT2D eigenvalue weighted by Gasteiger charge is 2.23. The van der Waals surface area contributed by atoms with Gasteiger partial charge in [-0.05, 0) is 60.9 Å². The molecular weight excluding hydrogens is 403 g/mol. The van der Waals surface area contributed by atoms with E-state index in [1.807, 2.05) is 31.2 Å². The molecule has 0 fully saturated rings. The van der Waals surface area contributed by atoms with Crippen molar-refractivity contribution in [1.29, 1.82) is 0 Å². The monoisotopic (exact) mass is 428 g/mol. The number of anilines is 1. The maximum Gasteiger partial charge on any atom is 0.181 e. The second-order valence-electron chi connectivity index (χ2n) is 7.79. The minimum absolute atomic E-state index is 0.168. The summed E-state index contributed by atoms with van der Waals surface area (Å²) in [6.45, 7) is 8.49. The Hall–Kier alpha value is -3.93. The van der Waals surface area contributed by atoms with Gasteiger partial charge >= 0.3 is 0 Å². The van der Waals surface area contributed by atoms with Gasteiger partial charge in [-0.15, -0.1) is 0 Å². The summed E-state index contributed by atoms with van der Waals surface area (Å²) in [5.74, 6) is 1.06. The number of allylic oxidation sites excluding steroid dienone is 1. The molecule has 1 atom stereocenters. The van der Waals surface area contributed by atoms with Crippen molar-refractivity contribution in [2.24, 2.45) is 0 Å². The summed E-state index contributed by atoms with van der Waals surface area (Å²) in [5, 5.41) is 7.09. The van der Waals surface area contributed by atoms with Gasteiger partial charge in [-0.1, -0.05) is 48.5 Å². The number of aromatic nitrogens is 3. The predicted molar refractivity (Wildman–Crippen MR) is 124 cm³/mol. The summed E-state index contributed by atoms with van der Waals surface area (Å²) in [4.78, 5) is 4.46. The molecule has 0 aliphatic carbocycles. The number of nitrogens with two attached hydrogens (primary N) is 1. The number of nitrogens with zero attached hydrogens (tertiary/aromatic N) is 2. The fourth-order valence-corrected chi connectivity index (χ4v) is 3.70. The van der Waals surface area contributed by atoms with Crippen LogP contribution in [0.2, 0.25) is 0 Å². The van der Waals surface area contributed by atoms with Gasteiger partial charge in [0.1, 0.15) is 18.2 Å². The maximum atomic E-state index is 13.2. The zero-order valence-electron chi connectivity index (χ0n) is 18.1. The first-order valence-electron chi connectivity index (χ1n) is 10.3. The molecule has 0 saturated carbocycles. The van der Waals surface area contributed by atoms with Gasteiger partial charge in [-0.25, -0.2) is 9.37 Å². The van der Waals surface area contributed by atoms with Crippen molar-refractivity contribution in [3.63, 3.8) is 0 Å². The van der Waals surface area contributed by atoms with Crippen LogP contribution in [0.4, 0.5) is 10.1 Å². The van der Waals surface area contributed by atoms with E-state index >= 15 is 0 Å². The second-order valence-corrected chi connectivity index (χ2v) is 7.79. The predicted octanol–water partition coefficient (Wildman–Crippen LogP) is 5.67. The first-order valence-corrected chi connectivity index (χ1v) is 10.3. The average Bonchev–Trinajstić information content (AvgIpc) is 3.26. The fraction of sp³-hybridized carbons (Fsp3) is 0.154. The second kappa shape index (κ2) is 9.06. The summed E-state index contributed by atoms with van der Waals surface area (Å²) in [6.07, 6.45) is 0. The highest BCUT2D eigenvalue weighted by Crippen LogP contribution is 2.37. The number of hydrogen-bond donors (Lipinski definition) is 2. The molecule has 0 spiro atoms. The Morgan fingerprint density at radius 1 is 1.06 bits per heavy atom. The van der Waals surface area contributed by atoms with E-state index in [2.05, 4.69) is 46.9 Å². The van der Waals surface area contributed by atoms with Crippen molar-refractivity contribution in [1.82, 2.24) is 15.2 Å². The Balaban J connectivity index is 1.58. The number of ether oxygens (including phenoxy) is 1. The van der Waals surface area contributed by atoms with Crippen molar-refractivity contribution in [2.75, 3.05) is 5.73 Å². The van der Waals surface area contributed by atoms with Gasteiger partial charge in [0.05, 0.1) is 5.92 Å². The maximum absolute atomic E-state index is 13.2. The number of nitrogens with one attached hydrogen (secondary N) is 1. The molecule has 162 valence electrons. The number of aryl methyl sites for hydroxylation is 2. The number of benzene rings is 3. The van der Waals surface area contributed by atoms with Crippen LogP contribution in [-0.2, 0) is 11.3 Å². The number of hydrogen-bond acceptors (Lipinski definition) is 4. The molecule has 0 aliphatic rings. The molecule has 1 heterocycles. The van der Waals surface area contributed by atoms with E-state index in [4.69, 9.17) is 10.5 Å². The molecule has 32 heavy (non-hydrogen) atoms. The van der Waals surface area contributed by atoms with E-state index in [1.165, 1.54) is 12.1 Å². The van der Waals surface area contributed by atoms with E-state index in [0.717, 1.165) is 27.8 Å². The van der Waals surface area contributed by atoms with Crippen LogP contribution in [0.5, 0.6) is 0 Å². The number of halogens is 1. The van der Waals surface area contributed by atoms with Gasteiger partial charge in [0, 0.05) is 11.3 Å². The zero-order valence-corrected chi connectivity index (χ0v) is 18.1. The SMILES string of the molecule is C=C(OCc1nc(-c2ccc(F)cc2)n[nH]1)C(c1ccccc1C)c1cc(C)ccc1N. The molecule has 0 saturated heterocycles. The Labute approximate surface area is 186 Å². The minimum Gasteiger partial charge on any atom is -0.490 e. The molecule has 3 N–H and O–H groups in total. The van der Waals surface area contributed by atoms with E-state index in [9.17, 15) is 4.39 Å². The zero-order chi connectivity index (χ0) is 22.7. The summed E-state index contributed by atoms with van der Waals surface area (Å²) in [7, 11) is 0. The number of aromatic amines is 1. The highest BCUT2D eigenvalue weighted by atomic mass is 19.1. The standard InChI is InChI=1S/C26H25FN4O/c1-16-8-13-23(28)22(14-16)25(21-7-5-4-6-17(21)2)18(3)32-15-24-29-26(31-30-24)19-9-11-20(27)12-10-19/h4-14,25H,3,15,28H2,1-2H3,(H,29,30,31). The van der Waals surface area contributed by atoms with Gasteiger partial charge in [0.15, 0.2) is 11.6 Å². The first-order chi connectivity index (χ1) is 15.4. The smallest absolute Gasteiger partial charge is 0.181 e. The van der Waals surface area contributed by atoms with Gasteiger partial charge in [-0.2, -0.15) is 5.10 Å². The van der Waals surface area contributed by atoms with Crippen molar-refractivity contribution in [2.45, 2.75) is 26.4 Å². The molecule has 0 bridgehead atoms. The Morgan fingerprint density at radius 3 is 2.56 bits per heavy atom. The molecule has 0 aliphatic heterocycles. The molecule has 3 aromatic carbocycles. The lowest BCUT2D eigenvalue weighted by atomic mass is 9.85. The lowest BCUT2D eigenvalue weighted by molar-refractivity contribution is 0.180. The summed E-state index contributed by atoms with van der Waals surface area (Å²) < 4.78 is 19.2. The Kier molecular flexibility index (Phi) is 6.03. The third kappa shape index (κ3) is 4.54. The van der Waals surface area contributed by atoms with Crippen LogP contribution in [0, 0.1) is 19.7 Å². The minimum atomic E-state index is -0.304. The molecule has 6 heteroatoms. The van der Waals surface area contributed by atoms with Gasteiger partial charge < -0.3 is 10.5 Å². The molecule has 4 aromatic rings. The highest BCUT2D eigenvalue weighted by molar-refractivity contribution is 5.57. The van der Waals surface area contributed by atoms with Crippen molar-refractivity contribution in [3.8, 4) is 11.4 Å². The molecule has 1 aromatic heterocycles. The molecule has 0 radical (unpaired) electrons. The van der Waals surface area contributed by atoms with Crippen molar-refractivity contribution < 1.29 is 9.13 Å². The van der Waals surface area contributed by atoms with Crippen LogP contribution in [0.3, 0.4) is 0 Å². The Morgan fingerprint density at radius 2 is 1.81 bits per heavy atom. The van der Waals surface area contributed by atoms with E-state index in [0.29, 0.717) is 23.1 Å². The van der Waals surface area contributed by atoms with Crippen LogP contribution in [0.25, 0.3) is 11.4 Å². The third-order valence-electron chi connectivity index (χ3n) is 5.40. The van der Waals surface area contributed by atoms with Gasteiger partial charge in [-0.3, -0.25) is 5.10 Å². The van der Waals surface area contributed by atoms with E-state index < -0.39 is 0 Å². The first kappa shape index (κ1) is 21.3. The van der Waals surface area contributed by atoms with E-state index in [1.54, 1.807) is 12.1 Å². The molecular formula is C26H25FN4O.